The molecule has 0 bridgehead atoms. The molecule has 0 aliphatic heterocycles. The van der Waals surface area contributed by atoms with Crippen molar-refractivity contribution in [3.63, 3.8) is 0 Å². The number of nitrogens with zero attached hydrogens (tertiary/aromatic N) is 2. The topological polar surface area (TPSA) is 102 Å². The number of hydrogen-bond acceptors (Lipinski definition) is 4. The number of aryl methyl sites for hydroxylation is 1. The molecular formula is C8H10N4O2S. The fourth-order valence-corrected chi connectivity index (χ4v) is 1.84. The Kier molecular flexibility index (Phi) is 2.41. The summed E-state index contributed by atoms with van der Waals surface area (Å²) in [6.07, 6.45) is 3.58. The Hall–Kier alpha value is -1.47. The van der Waals surface area contributed by atoms with Crippen LogP contribution in [0.3, 0.4) is 0 Å². The van der Waals surface area contributed by atoms with Crippen LogP contribution in [0.25, 0.3) is 10.9 Å². The fraction of sp³-hybridized carbons (Fsp3) is 0.250. The van der Waals surface area contributed by atoms with Gasteiger partial charge in [0.05, 0.1) is 23.7 Å². The van der Waals surface area contributed by atoms with Crippen molar-refractivity contribution in [1.29, 1.82) is 0 Å². The van der Waals surface area contributed by atoms with E-state index in [-0.39, 0.29) is 5.75 Å². The highest BCUT2D eigenvalue weighted by Crippen LogP contribution is 2.12. The number of nitrogens with two attached hydrogens (primary N) is 1. The summed E-state index contributed by atoms with van der Waals surface area (Å²) < 4.78 is 21.5. The molecule has 7 heteroatoms. The molecule has 0 radical (unpaired) electrons. The Bertz CT molecular complexity index is 542. The minimum absolute atomic E-state index is 0.0688. The molecule has 0 aliphatic carbocycles. The number of H-pyrrole nitrogens is 1. The number of hydrogen-bond donors (Lipinski definition) is 2. The van der Waals surface area contributed by atoms with E-state index in [1.54, 1.807) is 12.4 Å². The Balaban J connectivity index is 2.23. The molecule has 0 fully saturated rings. The lowest BCUT2D eigenvalue weighted by Crippen LogP contribution is -2.18. The van der Waals surface area contributed by atoms with E-state index in [1.807, 2.05) is 6.07 Å². The summed E-state index contributed by atoms with van der Waals surface area (Å²) in [6, 6.07) is 1.84. The molecule has 0 amide bonds. The van der Waals surface area contributed by atoms with Gasteiger partial charge in [-0.2, -0.15) is 10.2 Å². The molecule has 15 heavy (non-hydrogen) atoms. The maximum atomic E-state index is 10.8. The lowest BCUT2D eigenvalue weighted by atomic mass is 10.3. The van der Waals surface area contributed by atoms with Gasteiger partial charge in [0.1, 0.15) is 0 Å². The maximum absolute atomic E-state index is 10.8. The second-order valence-corrected chi connectivity index (χ2v) is 5.00. The third-order valence-corrected chi connectivity index (χ3v) is 2.82. The molecule has 0 spiro atoms. The first-order valence-electron chi connectivity index (χ1n) is 4.33. The highest BCUT2D eigenvalue weighted by atomic mass is 32.2. The van der Waals surface area contributed by atoms with Crippen molar-refractivity contribution in [3.05, 3.63) is 24.2 Å². The molecule has 2 rings (SSSR count). The second kappa shape index (κ2) is 3.59. The van der Waals surface area contributed by atoms with Crippen LogP contribution in [0.1, 0.15) is 5.69 Å². The first-order chi connectivity index (χ1) is 7.04. The van der Waals surface area contributed by atoms with Gasteiger partial charge in [-0.25, -0.2) is 13.6 Å². The summed E-state index contributed by atoms with van der Waals surface area (Å²) >= 11 is 0. The standard InChI is InChI=1S/C8H10N4O2S/c9-15(13,14)2-1-7-3-6-4-10-11-5-8(6)12-7/h3-5,12H,1-2H2,(H2,9,13,14). The molecule has 2 aromatic rings. The van der Waals surface area contributed by atoms with Crippen LogP contribution in [0.4, 0.5) is 0 Å². The monoisotopic (exact) mass is 226 g/mol. The molecule has 3 N–H and O–H groups in total. The highest BCUT2D eigenvalue weighted by Gasteiger charge is 2.06. The van der Waals surface area contributed by atoms with Crippen molar-refractivity contribution in [3.8, 4) is 0 Å². The zero-order valence-electron chi connectivity index (χ0n) is 7.84. The molecule has 6 nitrogen and oxygen atoms in total. The zero-order chi connectivity index (χ0) is 10.9. The molecule has 0 saturated carbocycles. The van der Waals surface area contributed by atoms with Gasteiger partial charge in [0.2, 0.25) is 10.0 Å². The predicted molar refractivity (Wildman–Crippen MR) is 55.6 cm³/mol. The van der Waals surface area contributed by atoms with Crippen molar-refractivity contribution < 1.29 is 8.42 Å². The number of nitrogens with one attached hydrogen (secondary N) is 1. The van der Waals surface area contributed by atoms with Crippen molar-refractivity contribution in [1.82, 2.24) is 15.2 Å². The van der Waals surface area contributed by atoms with Gasteiger partial charge in [0, 0.05) is 17.5 Å². The molecule has 0 saturated heterocycles. The number of aromatic amines is 1. The first kappa shape index (κ1) is 10.1. The third-order valence-electron chi connectivity index (χ3n) is 2.04. The Morgan fingerprint density at radius 3 is 2.73 bits per heavy atom. The normalized spacial score (nSPS) is 12.1. The van der Waals surface area contributed by atoms with Gasteiger partial charge in [0.15, 0.2) is 0 Å². The molecule has 2 heterocycles. The quantitative estimate of drug-likeness (QED) is 0.755. The van der Waals surface area contributed by atoms with Crippen LogP contribution in [-0.2, 0) is 16.4 Å². The summed E-state index contributed by atoms with van der Waals surface area (Å²) in [4.78, 5) is 3.05. The SMILES string of the molecule is NS(=O)(=O)CCc1cc2cnncc2[nH]1. The average Bonchev–Trinajstić information content (AvgIpc) is 2.56. The van der Waals surface area contributed by atoms with Crippen molar-refractivity contribution in [2.75, 3.05) is 5.75 Å². The summed E-state index contributed by atoms with van der Waals surface area (Å²) in [5, 5.41) is 13.3. The van der Waals surface area contributed by atoms with Crippen LogP contribution in [0.5, 0.6) is 0 Å². The maximum Gasteiger partial charge on any atom is 0.209 e. The number of sulfonamides is 1. The van der Waals surface area contributed by atoms with E-state index in [0.717, 1.165) is 16.6 Å². The van der Waals surface area contributed by atoms with Crippen LogP contribution in [0.15, 0.2) is 18.5 Å². The third kappa shape index (κ3) is 2.51. The Labute approximate surface area is 86.6 Å². The van der Waals surface area contributed by atoms with Gasteiger partial charge in [-0.1, -0.05) is 0 Å². The van der Waals surface area contributed by atoms with Gasteiger partial charge >= 0.3 is 0 Å². The summed E-state index contributed by atoms with van der Waals surface area (Å²) in [5.41, 5.74) is 1.66. The number of fused-ring (bicyclic) bond motifs is 1. The van der Waals surface area contributed by atoms with Crippen LogP contribution < -0.4 is 5.14 Å². The van der Waals surface area contributed by atoms with Gasteiger partial charge in [0.25, 0.3) is 0 Å². The minimum Gasteiger partial charge on any atom is -0.357 e. The van der Waals surface area contributed by atoms with Crippen molar-refractivity contribution >= 4 is 20.9 Å². The van der Waals surface area contributed by atoms with E-state index in [9.17, 15) is 8.42 Å². The lowest BCUT2D eigenvalue weighted by molar-refractivity contribution is 0.597. The molecule has 2 aromatic heterocycles. The van der Waals surface area contributed by atoms with Gasteiger partial charge in [-0.3, -0.25) is 0 Å². The van der Waals surface area contributed by atoms with E-state index in [4.69, 9.17) is 5.14 Å². The molecule has 0 atom stereocenters. The molecular weight excluding hydrogens is 216 g/mol. The number of rotatable bonds is 3. The van der Waals surface area contributed by atoms with Gasteiger partial charge < -0.3 is 4.98 Å². The number of aromatic nitrogens is 3. The smallest absolute Gasteiger partial charge is 0.209 e. The van der Waals surface area contributed by atoms with E-state index < -0.39 is 10.0 Å². The van der Waals surface area contributed by atoms with Crippen LogP contribution in [-0.4, -0.2) is 29.4 Å². The largest absolute Gasteiger partial charge is 0.357 e. The zero-order valence-corrected chi connectivity index (χ0v) is 8.66. The summed E-state index contributed by atoms with van der Waals surface area (Å²) in [6.45, 7) is 0. The average molecular weight is 226 g/mol. The molecule has 0 aromatic carbocycles. The van der Waals surface area contributed by atoms with Crippen LogP contribution in [0, 0.1) is 0 Å². The Morgan fingerprint density at radius 1 is 1.33 bits per heavy atom. The van der Waals surface area contributed by atoms with Crippen LogP contribution in [0.2, 0.25) is 0 Å². The number of primary sulfonamides is 1. The van der Waals surface area contributed by atoms with E-state index in [2.05, 4.69) is 15.2 Å². The first-order valence-corrected chi connectivity index (χ1v) is 6.05. The van der Waals surface area contributed by atoms with Crippen molar-refractivity contribution in [2.45, 2.75) is 6.42 Å². The highest BCUT2D eigenvalue weighted by molar-refractivity contribution is 7.89. The van der Waals surface area contributed by atoms with Crippen LogP contribution >= 0.6 is 0 Å². The Morgan fingerprint density at radius 2 is 2.07 bits per heavy atom. The minimum atomic E-state index is -3.41. The van der Waals surface area contributed by atoms with Gasteiger partial charge in [-0.15, -0.1) is 0 Å². The lowest BCUT2D eigenvalue weighted by Gasteiger charge is -1.94. The van der Waals surface area contributed by atoms with E-state index >= 15 is 0 Å². The second-order valence-electron chi connectivity index (χ2n) is 3.27. The van der Waals surface area contributed by atoms with Gasteiger partial charge in [-0.05, 0) is 6.07 Å². The summed E-state index contributed by atoms with van der Waals surface area (Å²) in [5.74, 6) is -0.0688. The molecule has 80 valence electrons. The van der Waals surface area contributed by atoms with Crippen molar-refractivity contribution in [2.24, 2.45) is 5.14 Å². The van der Waals surface area contributed by atoms with E-state index in [1.165, 1.54) is 0 Å². The fourth-order valence-electron chi connectivity index (χ4n) is 1.33. The summed E-state index contributed by atoms with van der Waals surface area (Å²) in [7, 11) is -3.41. The molecule has 0 aliphatic rings. The predicted octanol–water partition coefficient (Wildman–Crippen LogP) is -0.211. The molecule has 0 unspecified atom stereocenters. The van der Waals surface area contributed by atoms with E-state index in [0.29, 0.717) is 6.42 Å².